The summed E-state index contributed by atoms with van der Waals surface area (Å²) in [7, 11) is 0. The molecule has 0 aliphatic rings. The highest BCUT2D eigenvalue weighted by molar-refractivity contribution is 5.67. The number of hydrogen-bond acceptors (Lipinski definition) is 6. The van der Waals surface area contributed by atoms with Gasteiger partial charge in [0.2, 0.25) is 5.82 Å². The van der Waals surface area contributed by atoms with Crippen LogP contribution in [0.3, 0.4) is 0 Å². The molecule has 0 unspecified atom stereocenters. The predicted molar refractivity (Wildman–Crippen MR) is 114 cm³/mol. The van der Waals surface area contributed by atoms with Gasteiger partial charge in [0.05, 0.1) is 0 Å². The molecule has 0 radical (unpaired) electrons. The number of amides is 1. The fourth-order valence-electron chi connectivity index (χ4n) is 2.82. The Hall–Kier alpha value is -3.26. The van der Waals surface area contributed by atoms with Crippen LogP contribution in [0.5, 0.6) is 0 Å². The van der Waals surface area contributed by atoms with Crippen LogP contribution in [-0.4, -0.2) is 31.9 Å². The van der Waals surface area contributed by atoms with Gasteiger partial charge in [-0.2, -0.15) is 4.80 Å². The molecule has 1 heterocycles. The van der Waals surface area contributed by atoms with Gasteiger partial charge in [-0.15, -0.1) is 10.2 Å². The van der Waals surface area contributed by atoms with Crippen LogP contribution >= 0.6 is 0 Å². The lowest BCUT2D eigenvalue weighted by Crippen LogP contribution is -2.40. The zero-order valence-electron chi connectivity index (χ0n) is 18.0. The first kappa shape index (κ1) is 21.4. The van der Waals surface area contributed by atoms with Crippen molar-refractivity contribution in [3.05, 3.63) is 65.7 Å². The van der Waals surface area contributed by atoms with Gasteiger partial charge in [-0.05, 0) is 51.0 Å². The highest BCUT2D eigenvalue weighted by Gasteiger charge is 2.26. The zero-order chi connectivity index (χ0) is 21.8. The molecule has 8 nitrogen and oxygen atoms in total. The van der Waals surface area contributed by atoms with E-state index in [9.17, 15) is 4.79 Å². The fraction of sp³-hybridized carbons (Fsp3) is 0.364. The molecule has 0 saturated carbocycles. The maximum atomic E-state index is 11.7. The second kappa shape index (κ2) is 8.62. The largest absolute Gasteiger partial charge is 0.443 e. The van der Waals surface area contributed by atoms with Crippen LogP contribution in [-0.2, 0) is 16.8 Å². The average molecular weight is 409 g/mol. The van der Waals surface area contributed by atoms with E-state index in [0.717, 1.165) is 16.7 Å². The predicted octanol–water partition coefficient (Wildman–Crippen LogP) is 3.65. The Labute approximate surface area is 176 Å². The summed E-state index contributed by atoms with van der Waals surface area (Å²) in [6.45, 7) is 10.0. The number of benzene rings is 2. The van der Waals surface area contributed by atoms with E-state index in [1.54, 1.807) is 4.80 Å². The van der Waals surface area contributed by atoms with Crippen molar-refractivity contribution in [2.45, 2.75) is 52.3 Å². The minimum absolute atomic E-state index is 0.413. The van der Waals surface area contributed by atoms with Gasteiger partial charge < -0.3 is 4.74 Å². The monoisotopic (exact) mass is 408 g/mol. The molecule has 2 N–H and O–H groups in total. The molecule has 0 aliphatic heterocycles. The van der Waals surface area contributed by atoms with Gasteiger partial charge in [0.25, 0.3) is 0 Å². The summed E-state index contributed by atoms with van der Waals surface area (Å²) in [6, 6.07) is 17.8. The molecular weight excluding hydrogens is 380 g/mol. The molecule has 1 aromatic heterocycles. The molecule has 0 saturated heterocycles. The van der Waals surface area contributed by atoms with Crippen molar-refractivity contribution in [1.82, 2.24) is 31.1 Å². The first-order chi connectivity index (χ1) is 14.1. The molecule has 0 aliphatic carbocycles. The summed E-state index contributed by atoms with van der Waals surface area (Å²) in [4.78, 5) is 13.3. The van der Waals surface area contributed by atoms with Crippen LogP contribution in [0.4, 0.5) is 4.79 Å². The molecule has 3 aromatic rings. The third kappa shape index (κ3) is 5.42. The lowest BCUT2D eigenvalue weighted by atomic mass is 9.95. The van der Waals surface area contributed by atoms with Gasteiger partial charge in [0, 0.05) is 12.1 Å². The van der Waals surface area contributed by atoms with E-state index in [-0.39, 0.29) is 0 Å². The van der Waals surface area contributed by atoms with Crippen molar-refractivity contribution >= 4 is 6.09 Å². The Morgan fingerprint density at radius 2 is 1.67 bits per heavy atom. The van der Waals surface area contributed by atoms with Crippen molar-refractivity contribution < 1.29 is 9.53 Å². The SMILES string of the molecule is CC(C)(C)OC(=O)NNCc1ccc(-c2nnn(C(C)(C)c3ccccc3)n2)cc1. The van der Waals surface area contributed by atoms with Crippen molar-refractivity contribution in [1.29, 1.82) is 0 Å². The Kier molecular flexibility index (Phi) is 6.17. The van der Waals surface area contributed by atoms with E-state index in [1.807, 2.05) is 63.2 Å². The summed E-state index contributed by atoms with van der Waals surface area (Å²) in [5.74, 6) is 0.561. The molecule has 1 amide bonds. The second-order valence-electron chi connectivity index (χ2n) is 8.50. The zero-order valence-corrected chi connectivity index (χ0v) is 18.0. The van der Waals surface area contributed by atoms with E-state index < -0.39 is 17.2 Å². The standard InChI is InChI=1S/C22H28N6O2/c1-21(2,3)30-20(29)25-23-15-16-11-13-17(14-12-16)19-24-27-28(26-19)22(4,5)18-9-7-6-8-10-18/h6-14,23H,15H2,1-5H3,(H,25,29). The molecule has 3 rings (SSSR count). The van der Waals surface area contributed by atoms with Crippen LogP contribution in [0.2, 0.25) is 0 Å². The Balaban J connectivity index is 1.61. The van der Waals surface area contributed by atoms with Crippen molar-refractivity contribution in [2.24, 2.45) is 0 Å². The first-order valence-electron chi connectivity index (χ1n) is 9.82. The van der Waals surface area contributed by atoms with E-state index in [4.69, 9.17) is 4.74 Å². The lowest BCUT2D eigenvalue weighted by Gasteiger charge is -2.23. The number of hydrogen-bond donors (Lipinski definition) is 2. The third-order valence-electron chi connectivity index (χ3n) is 4.49. The number of aromatic nitrogens is 4. The minimum Gasteiger partial charge on any atom is -0.443 e. The maximum absolute atomic E-state index is 11.7. The molecular formula is C22H28N6O2. The van der Waals surface area contributed by atoms with E-state index in [2.05, 4.69) is 52.2 Å². The van der Waals surface area contributed by atoms with Crippen LogP contribution in [0.15, 0.2) is 54.6 Å². The molecule has 8 heteroatoms. The number of carbonyl (C=O) groups excluding carboxylic acids is 1. The molecule has 0 bridgehead atoms. The van der Waals surface area contributed by atoms with E-state index >= 15 is 0 Å². The summed E-state index contributed by atoms with van der Waals surface area (Å²) < 4.78 is 5.18. The van der Waals surface area contributed by atoms with Crippen LogP contribution in [0, 0.1) is 0 Å². The quantitative estimate of drug-likeness (QED) is 0.605. The molecule has 0 atom stereocenters. The number of nitrogens with one attached hydrogen (secondary N) is 2. The van der Waals surface area contributed by atoms with Crippen molar-refractivity contribution in [2.75, 3.05) is 0 Å². The van der Waals surface area contributed by atoms with Gasteiger partial charge in [-0.3, -0.25) is 5.43 Å². The summed E-state index contributed by atoms with van der Waals surface area (Å²) in [5.41, 5.74) is 7.39. The molecule has 0 spiro atoms. The van der Waals surface area contributed by atoms with Crippen LogP contribution in [0.1, 0.15) is 45.7 Å². The van der Waals surface area contributed by atoms with Gasteiger partial charge in [-0.1, -0.05) is 54.6 Å². The normalized spacial score (nSPS) is 11.9. The number of tetrazole rings is 1. The summed E-state index contributed by atoms with van der Waals surface area (Å²) in [5, 5.41) is 13.1. The number of carbonyl (C=O) groups is 1. The highest BCUT2D eigenvalue weighted by Crippen LogP contribution is 2.24. The van der Waals surface area contributed by atoms with E-state index in [0.29, 0.717) is 12.4 Å². The average Bonchev–Trinajstić information content (AvgIpc) is 3.19. The Morgan fingerprint density at radius 1 is 1.00 bits per heavy atom. The van der Waals surface area contributed by atoms with Gasteiger partial charge in [-0.25, -0.2) is 10.2 Å². The Bertz CT molecular complexity index is 975. The van der Waals surface area contributed by atoms with Crippen molar-refractivity contribution in [3.8, 4) is 11.4 Å². The maximum Gasteiger partial charge on any atom is 0.422 e. The topological polar surface area (TPSA) is 94.0 Å². The smallest absolute Gasteiger partial charge is 0.422 e. The summed E-state index contributed by atoms with van der Waals surface area (Å²) >= 11 is 0. The Morgan fingerprint density at radius 3 is 2.30 bits per heavy atom. The number of ether oxygens (including phenoxy) is 1. The molecule has 158 valence electrons. The molecule has 30 heavy (non-hydrogen) atoms. The van der Waals surface area contributed by atoms with Crippen molar-refractivity contribution in [3.63, 3.8) is 0 Å². The van der Waals surface area contributed by atoms with Gasteiger partial charge in [0.1, 0.15) is 11.1 Å². The van der Waals surface area contributed by atoms with Crippen LogP contribution in [0.25, 0.3) is 11.4 Å². The summed E-state index contributed by atoms with van der Waals surface area (Å²) in [6.07, 6.45) is -0.513. The lowest BCUT2D eigenvalue weighted by molar-refractivity contribution is 0.0497. The third-order valence-corrected chi connectivity index (χ3v) is 4.49. The second-order valence-corrected chi connectivity index (χ2v) is 8.50. The molecule has 2 aromatic carbocycles. The number of rotatable bonds is 6. The van der Waals surface area contributed by atoms with E-state index in [1.165, 1.54) is 0 Å². The number of nitrogens with zero attached hydrogens (tertiary/aromatic N) is 4. The molecule has 0 fully saturated rings. The first-order valence-corrected chi connectivity index (χ1v) is 9.82. The minimum atomic E-state index is -0.535. The number of hydrazine groups is 1. The highest BCUT2D eigenvalue weighted by atomic mass is 16.6. The van der Waals surface area contributed by atoms with Crippen LogP contribution < -0.4 is 10.9 Å². The fourth-order valence-corrected chi connectivity index (χ4v) is 2.82. The van der Waals surface area contributed by atoms with Gasteiger partial charge in [0.15, 0.2) is 0 Å². The van der Waals surface area contributed by atoms with Gasteiger partial charge >= 0.3 is 6.09 Å².